The van der Waals surface area contributed by atoms with Gasteiger partial charge < -0.3 is 20.7 Å². The van der Waals surface area contributed by atoms with E-state index in [4.69, 9.17) is 4.74 Å². The van der Waals surface area contributed by atoms with Crippen LogP contribution in [0.15, 0.2) is 54.6 Å². The van der Waals surface area contributed by atoms with Crippen LogP contribution in [0.5, 0.6) is 0 Å². The van der Waals surface area contributed by atoms with Crippen LogP contribution >= 0.6 is 0 Å². The summed E-state index contributed by atoms with van der Waals surface area (Å²) in [5.74, 6) is -0.290. The number of nitrogens with one attached hydrogen (secondary N) is 3. The van der Waals surface area contributed by atoms with E-state index >= 15 is 0 Å². The second-order valence-corrected chi connectivity index (χ2v) is 6.19. The lowest BCUT2D eigenvalue weighted by Gasteiger charge is -2.12. The molecule has 0 saturated carbocycles. The molecule has 2 aromatic rings. The Morgan fingerprint density at radius 3 is 2.62 bits per heavy atom. The SMILES string of the molecule is O=C(CNc1cccc(C(=O)NCC2CCCO2)c1)Nc1ccccc1. The predicted molar refractivity (Wildman–Crippen MR) is 101 cm³/mol. The number of amides is 2. The third-order valence-corrected chi connectivity index (χ3v) is 4.15. The van der Waals surface area contributed by atoms with Gasteiger partial charge in [-0.2, -0.15) is 0 Å². The van der Waals surface area contributed by atoms with Crippen molar-refractivity contribution in [1.29, 1.82) is 0 Å². The van der Waals surface area contributed by atoms with Crippen LogP contribution in [-0.4, -0.2) is 37.6 Å². The minimum Gasteiger partial charge on any atom is -0.376 e. The van der Waals surface area contributed by atoms with Gasteiger partial charge in [0.15, 0.2) is 0 Å². The van der Waals surface area contributed by atoms with E-state index in [1.807, 2.05) is 36.4 Å². The van der Waals surface area contributed by atoms with E-state index in [9.17, 15) is 9.59 Å². The van der Waals surface area contributed by atoms with Gasteiger partial charge in [0, 0.05) is 30.1 Å². The second kappa shape index (κ2) is 9.01. The fourth-order valence-electron chi connectivity index (χ4n) is 2.79. The number of anilines is 2. The van der Waals surface area contributed by atoms with Crippen LogP contribution in [0.4, 0.5) is 11.4 Å². The third kappa shape index (κ3) is 5.32. The summed E-state index contributed by atoms with van der Waals surface area (Å²) in [6.45, 7) is 1.41. The number of ether oxygens (including phenoxy) is 1. The molecule has 0 spiro atoms. The summed E-state index contributed by atoms with van der Waals surface area (Å²) in [6.07, 6.45) is 2.14. The van der Waals surface area contributed by atoms with Gasteiger partial charge in [0.2, 0.25) is 5.91 Å². The molecular formula is C20H23N3O3. The first kappa shape index (κ1) is 17.9. The van der Waals surface area contributed by atoms with Gasteiger partial charge in [-0.05, 0) is 43.2 Å². The van der Waals surface area contributed by atoms with Gasteiger partial charge in [0.1, 0.15) is 0 Å². The predicted octanol–water partition coefficient (Wildman–Crippen LogP) is 2.65. The lowest BCUT2D eigenvalue weighted by Crippen LogP contribution is -2.31. The highest BCUT2D eigenvalue weighted by Crippen LogP contribution is 2.13. The fraction of sp³-hybridized carbons (Fsp3) is 0.300. The molecule has 1 aliphatic heterocycles. The van der Waals surface area contributed by atoms with Crippen LogP contribution in [0.25, 0.3) is 0 Å². The van der Waals surface area contributed by atoms with Gasteiger partial charge in [0.25, 0.3) is 5.91 Å². The molecule has 6 nitrogen and oxygen atoms in total. The molecule has 0 bridgehead atoms. The summed E-state index contributed by atoms with van der Waals surface area (Å²) in [5.41, 5.74) is 2.02. The van der Waals surface area contributed by atoms with Crippen molar-refractivity contribution in [3.63, 3.8) is 0 Å². The molecule has 1 fully saturated rings. The highest BCUT2D eigenvalue weighted by Gasteiger charge is 2.16. The Morgan fingerprint density at radius 1 is 1.04 bits per heavy atom. The van der Waals surface area contributed by atoms with Gasteiger partial charge in [-0.25, -0.2) is 0 Å². The summed E-state index contributed by atoms with van der Waals surface area (Å²) in [7, 11) is 0. The first-order valence-electron chi connectivity index (χ1n) is 8.79. The van der Waals surface area contributed by atoms with E-state index in [1.165, 1.54) is 0 Å². The lowest BCUT2D eigenvalue weighted by atomic mass is 10.1. The molecule has 1 aliphatic rings. The smallest absolute Gasteiger partial charge is 0.251 e. The van der Waals surface area contributed by atoms with Crippen molar-refractivity contribution in [2.45, 2.75) is 18.9 Å². The number of benzene rings is 2. The normalized spacial score (nSPS) is 16.1. The third-order valence-electron chi connectivity index (χ3n) is 4.15. The van der Waals surface area contributed by atoms with Gasteiger partial charge >= 0.3 is 0 Å². The maximum Gasteiger partial charge on any atom is 0.251 e. The first-order valence-corrected chi connectivity index (χ1v) is 8.79. The largest absolute Gasteiger partial charge is 0.376 e. The van der Waals surface area contributed by atoms with E-state index in [0.29, 0.717) is 12.1 Å². The van der Waals surface area contributed by atoms with Crippen LogP contribution in [-0.2, 0) is 9.53 Å². The molecule has 6 heteroatoms. The van der Waals surface area contributed by atoms with E-state index in [0.717, 1.165) is 30.8 Å². The van der Waals surface area contributed by atoms with Crippen molar-refractivity contribution < 1.29 is 14.3 Å². The summed E-state index contributed by atoms with van der Waals surface area (Å²) in [4.78, 5) is 24.2. The monoisotopic (exact) mass is 353 g/mol. The zero-order chi connectivity index (χ0) is 18.2. The molecule has 0 radical (unpaired) electrons. The maximum atomic E-state index is 12.3. The number of carbonyl (C=O) groups is 2. The topological polar surface area (TPSA) is 79.5 Å². The van der Waals surface area contributed by atoms with Crippen LogP contribution in [0.2, 0.25) is 0 Å². The van der Waals surface area contributed by atoms with Crippen molar-refractivity contribution in [1.82, 2.24) is 5.32 Å². The van der Waals surface area contributed by atoms with Crippen molar-refractivity contribution in [3.05, 3.63) is 60.2 Å². The zero-order valence-electron chi connectivity index (χ0n) is 14.5. The van der Waals surface area contributed by atoms with Crippen molar-refractivity contribution in [2.24, 2.45) is 0 Å². The Kier molecular flexibility index (Phi) is 6.22. The molecule has 0 aliphatic carbocycles. The number of hydrogen-bond acceptors (Lipinski definition) is 4. The Hall–Kier alpha value is -2.86. The lowest BCUT2D eigenvalue weighted by molar-refractivity contribution is -0.114. The molecule has 1 saturated heterocycles. The molecular weight excluding hydrogens is 330 g/mol. The quantitative estimate of drug-likeness (QED) is 0.715. The first-order chi connectivity index (χ1) is 12.7. The second-order valence-electron chi connectivity index (χ2n) is 6.19. The minimum absolute atomic E-state index is 0.113. The van der Waals surface area contributed by atoms with Crippen LogP contribution in [0, 0.1) is 0 Å². The van der Waals surface area contributed by atoms with E-state index < -0.39 is 0 Å². The molecule has 3 rings (SSSR count). The molecule has 1 heterocycles. The molecule has 1 unspecified atom stereocenters. The van der Waals surface area contributed by atoms with E-state index in [2.05, 4.69) is 16.0 Å². The van der Waals surface area contributed by atoms with Crippen molar-refractivity contribution in [2.75, 3.05) is 30.3 Å². The Morgan fingerprint density at radius 2 is 1.85 bits per heavy atom. The number of hydrogen-bond donors (Lipinski definition) is 3. The van der Waals surface area contributed by atoms with Crippen molar-refractivity contribution >= 4 is 23.2 Å². The van der Waals surface area contributed by atoms with Crippen molar-refractivity contribution in [3.8, 4) is 0 Å². The zero-order valence-corrected chi connectivity index (χ0v) is 14.5. The molecule has 1 atom stereocenters. The molecule has 26 heavy (non-hydrogen) atoms. The highest BCUT2D eigenvalue weighted by molar-refractivity contribution is 5.96. The molecule has 2 aromatic carbocycles. The summed E-state index contributed by atoms with van der Waals surface area (Å²) < 4.78 is 5.51. The summed E-state index contributed by atoms with van der Waals surface area (Å²) in [5, 5.41) is 8.74. The number of para-hydroxylation sites is 1. The Balaban J connectivity index is 1.48. The standard InChI is InChI=1S/C20H23N3O3/c24-19(23-16-7-2-1-3-8-16)14-21-17-9-4-6-15(12-17)20(25)22-13-18-10-5-11-26-18/h1-4,6-9,12,18,21H,5,10-11,13-14H2,(H,22,25)(H,23,24). The Labute approximate surface area is 152 Å². The van der Waals surface area contributed by atoms with E-state index in [-0.39, 0.29) is 24.5 Å². The molecule has 3 N–H and O–H groups in total. The van der Waals surface area contributed by atoms with E-state index in [1.54, 1.807) is 18.2 Å². The average molecular weight is 353 g/mol. The number of carbonyl (C=O) groups excluding carboxylic acids is 2. The van der Waals surface area contributed by atoms with Gasteiger partial charge in [-0.3, -0.25) is 9.59 Å². The van der Waals surface area contributed by atoms with Crippen LogP contribution < -0.4 is 16.0 Å². The van der Waals surface area contributed by atoms with Gasteiger partial charge in [0.05, 0.1) is 12.6 Å². The molecule has 136 valence electrons. The van der Waals surface area contributed by atoms with Crippen LogP contribution in [0.1, 0.15) is 23.2 Å². The Bertz CT molecular complexity index is 743. The highest BCUT2D eigenvalue weighted by atomic mass is 16.5. The summed E-state index contributed by atoms with van der Waals surface area (Å²) in [6, 6.07) is 16.4. The van der Waals surface area contributed by atoms with Gasteiger partial charge in [-0.1, -0.05) is 24.3 Å². The average Bonchev–Trinajstić information content (AvgIpc) is 3.19. The van der Waals surface area contributed by atoms with Crippen LogP contribution in [0.3, 0.4) is 0 Å². The minimum atomic E-state index is -0.149. The molecule has 2 amide bonds. The summed E-state index contributed by atoms with van der Waals surface area (Å²) >= 11 is 0. The van der Waals surface area contributed by atoms with Gasteiger partial charge in [-0.15, -0.1) is 0 Å². The maximum absolute atomic E-state index is 12.3. The fourth-order valence-corrected chi connectivity index (χ4v) is 2.79. The molecule has 0 aromatic heterocycles. The number of rotatable bonds is 7.